The second-order valence-corrected chi connectivity index (χ2v) is 3.36. The Morgan fingerprint density at radius 3 is 2.75 bits per heavy atom. The zero-order chi connectivity index (χ0) is 11.5. The molecular formula is C10H13N5O. The van der Waals surface area contributed by atoms with Crippen LogP contribution in [0.4, 0.5) is 5.69 Å². The summed E-state index contributed by atoms with van der Waals surface area (Å²) in [5.74, 6) is 0.529. The number of benzene rings is 1. The number of hydrogen-bond donors (Lipinski definition) is 2. The van der Waals surface area contributed by atoms with Crippen LogP contribution in [0.1, 0.15) is 0 Å². The van der Waals surface area contributed by atoms with Gasteiger partial charge in [-0.15, -0.1) is 0 Å². The molecule has 0 atom stereocenters. The van der Waals surface area contributed by atoms with Gasteiger partial charge < -0.3 is 10.6 Å². The molecule has 0 saturated heterocycles. The minimum Gasteiger partial charge on any atom is -0.368 e. The van der Waals surface area contributed by atoms with Gasteiger partial charge in [-0.05, 0) is 12.1 Å². The summed E-state index contributed by atoms with van der Waals surface area (Å²) in [6, 6.07) is 9.58. The molecule has 1 aliphatic rings. The molecule has 3 N–H and O–H groups in total. The third kappa shape index (κ3) is 1.96. The normalized spacial score (nSPS) is 15.5. The van der Waals surface area contributed by atoms with E-state index in [1.807, 2.05) is 30.3 Å². The Hall–Kier alpha value is -2.08. The van der Waals surface area contributed by atoms with Gasteiger partial charge in [-0.25, -0.2) is 10.1 Å². The quantitative estimate of drug-likeness (QED) is 0.719. The van der Waals surface area contributed by atoms with E-state index < -0.39 is 0 Å². The molecule has 1 heterocycles. The van der Waals surface area contributed by atoms with Gasteiger partial charge in [0.2, 0.25) is 11.9 Å². The molecule has 0 spiro atoms. The number of para-hydroxylation sites is 1. The number of guanidine groups is 2. The molecule has 84 valence electrons. The number of aliphatic imine (C=N–C) groups is 2. The van der Waals surface area contributed by atoms with Crippen molar-refractivity contribution in [3.05, 3.63) is 30.3 Å². The van der Waals surface area contributed by atoms with Gasteiger partial charge in [0.1, 0.15) is 6.67 Å². The van der Waals surface area contributed by atoms with E-state index in [1.165, 1.54) is 0 Å². The Labute approximate surface area is 93.3 Å². The third-order valence-electron chi connectivity index (χ3n) is 2.26. The molecule has 1 aromatic carbocycles. The summed E-state index contributed by atoms with van der Waals surface area (Å²) in [6.45, 7) is 0.0990. The van der Waals surface area contributed by atoms with Crippen LogP contribution in [0.25, 0.3) is 0 Å². The third-order valence-corrected chi connectivity index (χ3v) is 2.26. The molecule has 0 radical (unpaired) electrons. The first-order chi connectivity index (χ1) is 7.68. The highest BCUT2D eigenvalue weighted by atomic mass is 16.5. The molecule has 1 aromatic rings. The minimum absolute atomic E-state index is 0.0990. The van der Waals surface area contributed by atoms with Crippen molar-refractivity contribution in [2.45, 2.75) is 0 Å². The number of nitrogens with two attached hydrogens (primary N) is 1. The maximum absolute atomic E-state index is 9.62. The minimum atomic E-state index is 0.0990. The van der Waals surface area contributed by atoms with E-state index in [4.69, 9.17) is 5.73 Å². The Bertz CT molecular complexity index is 428. The topological polar surface area (TPSA) is 77.5 Å². The molecule has 0 saturated carbocycles. The van der Waals surface area contributed by atoms with Crippen molar-refractivity contribution in [3.8, 4) is 0 Å². The first kappa shape index (κ1) is 10.4. The Kier molecular flexibility index (Phi) is 2.74. The van der Waals surface area contributed by atoms with Crippen LogP contribution >= 0.6 is 0 Å². The maximum Gasteiger partial charge on any atom is 0.234 e. The SMILES string of the molecule is CN(C1=NC(N)=NCN1O)c1ccccc1. The van der Waals surface area contributed by atoms with Crippen molar-refractivity contribution >= 4 is 17.6 Å². The van der Waals surface area contributed by atoms with E-state index in [1.54, 1.807) is 11.9 Å². The lowest BCUT2D eigenvalue weighted by atomic mass is 10.3. The summed E-state index contributed by atoms with van der Waals surface area (Å²) in [7, 11) is 1.80. The van der Waals surface area contributed by atoms with Gasteiger partial charge in [-0.1, -0.05) is 18.2 Å². The average Bonchev–Trinajstić information content (AvgIpc) is 2.32. The van der Waals surface area contributed by atoms with E-state index in [2.05, 4.69) is 9.98 Å². The molecule has 6 nitrogen and oxygen atoms in total. The Morgan fingerprint density at radius 1 is 1.38 bits per heavy atom. The zero-order valence-corrected chi connectivity index (χ0v) is 8.91. The van der Waals surface area contributed by atoms with Crippen LogP contribution < -0.4 is 10.6 Å². The Morgan fingerprint density at radius 2 is 2.06 bits per heavy atom. The van der Waals surface area contributed by atoms with Crippen molar-refractivity contribution in [1.82, 2.24) is 5.06 Å². The highest BCUT2D eigenvalue weighted by Gasteiger charge is 2.18. The number of hydroxylamine groups is 2. The van der Waals surface area contributed by atoms with E-state index in [-0.39, 0.29) is 12.6 Å². The lowest BCUT2D eigenvalue weighted by molar-refractivity contribution is -0.0146. The number of anilines is 1. The predicted octanol–water partition coefficient (Wildman–Crippen LogP) is 0.456. The molecule has 0 amide bonds. The Balaban J connectivity index is 2.28. The molecule has 0 bridgehead atoms. The lowest BCUT2D eigenvalue weighted by Crippen LogP contribution is -2.44. The molecule has 2 rings (SSSR count). The zero-order valence-electron chi connectivity index (χ0n) is 8.91. The van der Waals surface area contributed by atoms with Crippen molar-refractivity contribution in [2.75, 3.05) is 18.6 Å². The summed E-state index contributed by atoms with van der Waals surface area (Å²) >= 11 is 0. The molecule has 0 fully saturated rings. The monoisotopic (exact) mass is 219 g/mol. The van der Waals surface area contributed by atoms with Crippen molar-refractivity contribution < 1.29 is 5.21 Å². The van der Waals surface area contributed by atoms with Gasteiger partial charge in [0.15, 0.2) is 0 Å². The largest absolute Gasteiger partial charge is 0.368 e. The number of hydrogen-bond acceptors (Lipinski definition) is 6. The van der Waals surface area contributed by atoms with Crippen LogP contribution in [0.2, 0.25) is 0 Å². The van der Waals surface area contributed by atoms with Crippen LogP contribution in [0, 0.1) is 0 Å². The molecule has 0 unspecified atom stereocenters. The first-order valence-corrected chi connectivity index (χ1v) is 4.82. The van der Waals surface area contributed by atoms with Gasteiger partial charge >= 0.3 is 0 Å². The second-order valence-electron chi connectivity index (χ2n) is 3.36. The molecule has 0 aromatic heterocycles. The smallest absolute Gasteiger partial charge is 0.234 e. The number of nitrogens with zero attached hydrogens (tertiary/aromatic N) is 4. The summed E-state index contributed by atoms with van der Waals surface area (Å²) in [5, 5.41) is 10.6. The number of rotatable bonds is 1. The maximum atomic E-state index is 9.62. The van der Waals surface area contributed by atoms with Crippen LogP contribution in [0.5, 0.6) is 0 Å². The van der Waals surface area contributed by atoms with E-state index in [0.717, 1.165) is 10.8 Å². The highest BCUT2D eigenvalue weighted by Crippen LogP contribution is 2.13. The van der Waals surface area contributed by atoms with Gasteiger partial charge in [0, 0.05) is 12.7 Å². The molecule has 16 heavy (non-hydrogen) atoms. The lowest BCUT2D eigenvalue weighted by Gasteiger charge is -2.28. The van der Waals surface area contributed by atoms with Gasteiger partial charge in [-0.2, -0.15) is 4.99 Å². The van der Waals surface area contributed by atoms with Crippen LogP contribution in [-0.2, 0) is 0 Å². The summed E-state index contributed by atoms with van der Waals surface area (Å²) < 4.78 is 0. The van der Waals surface area contributed by atoms with Crippen LogP contribution in [0.3, 0.4) is 0 Å². The van der Waals surface area contributed by atoms with E-state index >= 15 is 0 Å². The van der Waals surface area contributed by atoms with Crippen LogP contribution in [0.15, 0.2) is 40.3 Å². The molecular weight excluding hydrogens is 206 g/mol. The summed E-state index contributed by atoms with van der Waals surface area (Å²) in [6.07, 6.45) is 0. The standard InChI is InChI=1S/C10H13N5O/c1-14(8-5-3-2-4-6-8)10-13-9(11)12-7-15(10)16/h2-6,16H,7H2,1H3,(H2,11,12). The summed E-state index contributed by atoms with van der Waals surface area (Å²) in [5.41, 5.74) is 6.41. The van der Waals surface area contributed by atoms with E-state index in [9.17, 15) is 5.21 Å². The average molecular weight is 219 g/mol. The highest BCUT2D eigenvalue weighted by molar-refractivity contribution is 6.03. The van der Waals surface area contributed by atoms with Gasteiger partial charge in [0.05, 0.1) is 0 Å². The van der Waals surface area contributed by atoms with Crippen molar-refractivity contribution in [1.29, 1.82) is 0 Å². The van der Waals surface area contributed by atoms with Gasteiger partial charge in [-0.3, -0.25) is 5.21 Å². The fraction of sp³-hybridized carbons (Fsp3) is 0.200. The van der Waals surface area contributed by atoms with Gasteiger partial charge in [0.25, 0.3) is 0 Å². The summed E-state index contributed by atoms with van der Waals surface area (Å²) in [4.78, 5) is 9.52. The molecule has 1 aliphatic heterocycles. The molecule has 6 heteroatoms. The van der Waals surface area contributed by atoms with Crippen molar-refractivity contribution in [3.63, 3.8) is 0 Å². The first-order valence-electron chi connectivity index (χ1n) is 4.82. The fourth-order valence-electron chi connectivity index (χ4n) is 1.41. The molecule has 0 aliphatic carbocycles. The fourth-order valence-corrected chi connectivity index (χ4v) is 1.41. The van der Waals surface area contributed by atoms with Crippen molar-refractivity contribution in [2.24, 2.45) is 15.7 Å². The second kappa shape index (κ2) is 4.19. The predicted molar refractivity (Wildman–Crippen MR) is 62.4 cm³/mol. The van der Waals surface area contributed by atoms with Crippen LogP contribution in [-0.4, -0.2) is 35.9 Å². The van der Waals surface area contributed by atoms with E-state index in [0.29, 0.717) is 5.96 Å².